The fraction of sp³-hybridized carbons (Fsp3) is 0.643. The lowest BCUT2D eigenvalue weighted by Crippen LogP contribution is -2.42. The quantitative estimate of drug-likeness (QED) is 0.923. The summed E-state index contributed by atoms with van der Waals surface area (Å²) in [5, 5.41) is 15.2. The van der Waals surface area contributed by atoms with Gasteiger partial charge in [-0.25, -0.2) is 4.98 Å². The molecule has 1 saturated carbocycles. The lowest BCUT2D eigenvalue weighted by molar-refractivity contribution is -0.130. The average Bonchev–Trinajstić information content (AvgIpc) is 2.86. The maximum atomic E-state index is 12.4. The van der Waals surface area contributed by atoms with E-state index in [-0.39, 0.29) is 11.9 Å². The van der Waals surface area contributed by atoms with Crippen molar-refractivity contribution in [1.82, 2.24) is 10.3 Å². The summed E-state index contributed by atoms with van der Waals surface area (Å²) < 4.78 is 0. The molecule has 1 aromatic heterocycles. The third kappa shape index (κ3) is 2.95. The van der Waals surface area contributed by atoms with Crippen molar-refractivity contribution in [3.8, 4) is 6.07 Å². The predicted octanol–water partition coefficient (Wildman–Crippen LogP) is 3.10. The van der Waals surface area contributed by atoms with Gasteiger partial charge in [-0.2, -0.15) is 5.26 Å². The zero-order valence-electron chi connectivity index (χ0n) is 11.4. The smallest absolute Gasteiger partial charge is 0.241 e. The molecule has 1 amide bonds. The van der Waals surface area contributed by atoms with Crippen LogP contribution in [0.3, 0.4) is 0 Å². The van der Waals surface area contributed by atoms with Gasteiger partial charge in [0.2, 0.25) is 5.91 Å². The van der Waals surface area contributed by atoms with E-state index in [9.17, 15) is 10.1 Å². The Kier molecular flexibility index (Phi) is 4.20. The summed E-state index contributed by atoms with van der Waals surface area (Å²) in [7, 11) is 0. The minimum atomic E-state index is -0.821. The summed E-state index contributed by atoms with van der Waals surface area (Å²) in [4.78, 5) is 16.8. The molecule has 0 aromatic carbocycles. The standard InChI is InChI=1S/C14H19N3OS/c1-10-8-19-12(16-10)11(2)17-13(18)14(9-15)6-4-3-5-7-14/h8,11H,3-7H2,1-2H3,(H,17,18). The molecule has 102 valence electrons. The second-order valence-electron chi connectivity index (χ2n) is 5.28. The first-order chi connectivity index (χ1) is 9.07. The fourth-order valence-electron chi connectivity index (χ4n) is 2.51. The molecule has 1 unspecified atom stereocenters. The second-order valence-corrected chi connectivity index (χ2v) is 6.17. The van der Waals surface area contributed by atoms with Gasteiger partial charge in [0.15, 0.2) is 0 Å². The Morgan fingerprint density at radius 3 is 2.74 bits per heavy atom. The topological polar surface area (TPSA) is 65.8 Å². The van der Waals surface area contributed by atoms with E-state index in [1.165, 1.54) is 0 Å². The molecule has 1 N–H and O–H groups in total. The molecule has 4 nitrogen and oxygen atoms in total. The summed E-state index contributed by atoms with van der Waals surface area (Å²) in [6.07, 6.45) is 4.41. The number of aromatic nitrogens is 1. The Morgan fingerprint density at radius 1 is 1.53 bits per heavy atom. The lowest BCUT2D eigenvalue weighted by Gasteiger charge is -2.30. The highest BCUT2D eigenvalue weighted by molar-refractivity contribution is 7.09. The normalized spacial score (nSPS) is 19.4. The number of nitriles is 1. The number of thiazole rings is 1. The third-order valence-corrected chi connectivity index (χ3v) is 4.86. The number of hydrogen-bond donors (Lipinski definition) is 1. The molecule has 1 heterocycles. The van der Waals surface area contributed by atoms with Crippen molar-refractivity contribution < 1.29 is 4.79 Å². The summed E-state index contributed by atoms with van der Waals surface area (Å²) >= 11 is 1.54. The van der Waals surface area contributed by atoms with Crippen molar-refractivity contribution in [2.45, 2.75) is 52.0 Å². The SMILES string of the molecule is Cc1csc(C(C)NC(=O)C2(C#N)CCCCC2)n1. The first kappa shape index (κ1) is 14.0. The van der Waals surface area contributed by atoms with Crippen LogP contribution in [-0.4, -0.2) is 10.9 Å². The number of nitrogens with one attached hydrogen (secondary N) is 1. The number of carbonyl (C=O) groups excluding carboxylic acids is 1. The van der Waals surface area contributed by atoms with E-state index in [4.69, 9.17) is 0 Å². The van der Waals surface area contributed by atoms with Crippen LogP contribution in [-0.2, 0) is 4.79 Å². The van der Waals surface area contributed by atoms with Crippen LogP contribution < -0.4 is 5.32 Å². The molecule has 0 aliphatic heterocycles. The van der Waals surface area contributed by atoms with Crippen molar-refractivity contribution in [2.75, 3.05) is 0 Å². The third-order valence-electron chi connectivity index (χ3n) is 3.71. The van der Waals surface area contributed by atoms with Crippen molar-refractivity contribution >= 4 is 17.2 Å². The van der Waals surface area contributed by atoms with E-state index < -0.39 is 5.41 Å². The minimum Gasteiger partial charge on any atom is -0.346 e. The molecule has 1 aliphatic carbocycles. The number of hydrogen-bond acceptors (Lipinski definition) is 4. The van der Waals surface area contributed by atoms with Crippen LogP contribution in [0.5, 0.6) is 0 Å². The monoisotopic (exact) mass is 277 g/mol. The average molecular weight is 277 g/mol. The predicted molar refractivity (Wildman–Crippen MR) is 74.5 cm³/mol. The molecular weight excluding hydrogens is 258 g/mol. The number of rotatable bonds is 3. The van der Waals surface area contributed by atoms with Gasteiger partial charge < -0.3 is 5.32 Å². The van der Waals surface area contributed by atoms with Gasteiger partial charge >= 0.3 is 0 Å². The Labute approximate surface area is 117 Å². The van der Waals surface area contributed by atoms with E-state index in [0.29, 0.717) is 12.8 Å². The Balaban J connectivity index is 2.05. The molecule has 0 radical (unpaired) electrons. The molecule has 0 spiro atoms. The molecule has 0 bridgehead atoms. The van der Waals surface area contributed by atoms with Gasteiger partial charge in [0.1, 0.15) is 10.4 Å². The molecule has 1 fully saturated rings. The summed E-state index contributed by atoms with van der Waals surface area (Å²) in [5.41, 5.74) is 0.146. The Hall–Kier alpha value is -1.41. The van der Waals surface area contributed by atoms with Crippen molar-refractivity contribution in [3.05, 3.63) is 16.1 Å². The largest absolute Gasteiger partial charge is 0.346 e. The maximum absolute atomic E-state index is 12.4. The molecular formula is C14H19N3OS. The van der Waals surface area contributed by atoms with Crippen molar-refractivity contribution in [2.24, 2.45) is 5.41 Å². The highest BCUT2D eigenvalue weighted by Gasteiger charge is 2.40. The summed E-state index contributed by atoms with van der Waals surface area (Å²) in [6.45, 7) is 3.86. The van der Waals surface area contributed by atoms with Gasteiger partial charge in [-0.05, 0) is 26.7 Å². The number of nitrogens with zero attached hydrogens (tertiary/aromatic N) is 2. The van der Waals surface area contributed by atoms with E-state index in [1.54, 1.807) is 11.3 Å². The van der Waals surface area contributed by atoms with E-state index >= 15 is 0 Å². The highest BCUT2D eigenvalue weighted by atomic mass is 32.1. The van der Waals surface area contributed by atoms with Gasteiger partial charge in [0, 0.05) is 11.1 Å². The number of amides is 1. The van der Waals surface area contributed by atoms with Crippen LogP contribution in [0.2, 0.25) is 0 Å². The zero-order valence-corrected chi connectivity index (χ0v) is 12.2. The Morgan fingerprint density at radius 2 is 2.21 bits per heavy atom. The highest BCUT2D eigenvalue weighted by Crippen LogP contribution is 2.36. The number of carbonyl (C=O) groups is 1. The minimum absolute atomic E-state index is 0.127. The fourth-order valence-corrected chi connectivity index (χ4v) is 3.32. The maximum Gasteiger partial charge on any atom is 0.241 e. The van der Waals surface area contributed by atoms with Gasteiger partial charge in [-0.3, -0.25) is 4.79 Å². The van der Waals surface area contributed by atoms with Gasteiger partial charge in [0.25, 0.3) is 0 Å². The van der Waals surface area contributed by atoms with Crippen molar-refractivity contribution in [3.63, 3.8) is 0 Å². The van der Waals surface area contributed by atoms with Gasteiger partial charge in [0.05, 0.1) is 12.1 Å². The van der Waals surface area contributed by atoms with Crippen LogP contribution in [0.15, 0.2) is 5.38 Å². The molecule has 1 aromatic rings. The van der Waals surface area contributed by atoms with Crippen molar-refractivity contribution in [1.29, 1.82) is 5.26 Å². The molecule has 1 atom stereocenters. The van der Waals surface area contributed by atoms with E-state index in [2.05, 4.69) is 16.4 Å². The zero-order chi connectivity index (χ0) is 13.9. The van der Waals surface area contributed by atoms with E-state index in [1.807, 2.05) is 19.2 Å². The van der Waals surface area contributed by atoms with E-state index in [0.717, 1.165) is 30.0 Å². The van der Waals surface area contributed by atoms with Crippen LogP contribution in [0.25, 0.3) is 0 Å². The van der Waals surface area contributed by atoms with Gasteiger partial charge in [-0.15, -0.1) is 11.3 Å². The molecule has 2 rings (SSSR count). The molecule has 5 heteroatoms. The molecule has 19 heavy (non-hydrogen) atoms. The van der Waals surface area contributed by atoms with Crippen LogP contribution in [0, 0.1) is 23.7 Å². The van der Waals surface area contributed by atoms with Crippen LogP contribution in [0.4, 0.5) is 0 Å². The van der Waals surface area contributed by atoms with Gasteiger partial charge in [-0.1, -0.05) is 19.3 Å². The lowest BCUT2D eigenvalue weighted by atomic mass is 9.74. The van der Waals surface area contributed by atoms with Crippen LogP contribution in [0.1, 0.15) is 55.8 Å². The summed E-state index contributed by atoms with van der Waals surface area (Å²) in [5.74, 6) is -0.130. The first-order valence-electron chi connectivity index (χ1n) is 6.72. The Bertz CT molecular complexity index is 497. The molecule has 0 saturated heterocycles. The summed E-state index contributed by atoms with van der Waals surface area (Å²) in [6, 6.07) is 2.12. The van der Waals surface area contributed by atoms with Crippen LogP contribution >= 0.6 is 11.3 Å². The molecule has 1 aliphatic rings. The number of aryl methyl sites for hydroxylation is 1. The first-order valence-corrected chi connectivity index (χ1v) is 7.59. The second kappa shape index (κ2) is 5.70.